The molecule has 3 heteroatoms. The van der Waals surface area contributed by atoms with Crippen molar-refractivity contribution in [1.82, 2.24) is 0 Å². The molecule has 0 unspecified atom stereocenters. The maximum Gasteiger partial charge on any atom is 0.309 e. The van der Waals surface area contributed by atoms with Crippen molar-refractivity contribution in [3.8, 4) is 0 Å². The number of aliphatic hydroxyl groups excluding tert-OH is 1. The summed E-state index contributed by atoms with van der Waals surface area (Å²) in [5.74, 6) is 1.68. The van der Waals surface area contributed by atoms with Crippen molar-refractivity contribution in [3.05, 3.63) is 0 Å². The zero-order chi connectivity index (χ0) is 16.5. The number of carboxylic acids is 1. The first kappa shape index (κ1) is 15.9. The SMILES string of the molecule is C[C@@]12CCC[C@@](C)(C(=O)O)[C@H]1CC[C@@]13C[C@@H](CC[C@H]12)[C@@H](CO)C3. The average Bonchev–Trinajstić information content (AvgIpc) is 2.77. The van der Waals surface area contributed by atoms with E-state index in [0.717, 1.165) is 25.2 Å². The summed E-state index contributed by atoms with van der Waals surface area (Å²) in [5, 5.41) is 19.7. The molecule has 0 saturated heterocycles. The monoisotopic (exact) mass is 320 g/mol. The van der Waals surface area contributed by atoms with Gasteiger partial charge in [0.05, 0.1) is 5.41 Å². The molecule has 0 aromatic carbocycles. The number of rotatable bonds is 2. The van der Waals surface area contributed by atoms with Crippen molar-refractivity contribution in [2.24, 2.45) is 39.9 Å². The Morgan fingerprint density at radius 3 is 2.52 bits per heavy atom. The van der Waals surface area contributed by atoms with Crippen LogP contribution in [-0.2, 0) is 4.79 Å². The van der Waals surface area contributed by atoms with Gasteiger partial charge >= 0.3 is 5.97 Å². The molecule has 4 aliphatic rings. The largest absolute Gasteiger partial charge is 0.481 e. The van der Waals surface area contributed by atoms with Crippen LogP contribution in [0.4, 0.5) is 0 Å². The highest BCUT2D eigenvalue weighted by molar-refractivity contribution is 5.75. The Morgan fingerprint density at radius 1 is 1.04 bits per heavy atom. The lowest BCUT2D eigenvalue weighted by Crippen LogP contribution is -2.58. The summed E-state index contributed by atoms with van der Waals surface area (Å²) in [6, 6.07) is 0. The first-order valence-electron chi connectivity index (χ1n) is 9.70. The van der Waals surface area contributed by atoms with Crippen LogP contribution in [0.2, 0.25) is 0 Å². The Morgan fingerprint density at radius 2 is 1.83 bits per heavy atom. The summed E-state index contributed by atoms with van der Waals surface area (Å²) in [4.78, 5) is 12.1. The van der Waals surface area contributed by atoms with E-state index in [1.165, 1.54) is 38.5 Å². The molecule has 0 aromatic heterocycles. The Balaban J connectivity index is 1.71. The highest BCUT2D eigenvalue weighted by atomic mass is 16.4. The molecule has 3 nitrogen and oxygen atoms in total. The number of carbonyl (C=O) groups is 1. The van der Waals surface area contributed by atoms with E-state index in [0.29, 0.717) is 29.8 Å². The second-order valence-corrected chi connectivity index (χ2v) is 9.78. The van der Waals surface area contributed by atoms with Gasteiger partial charge in [-0.15, -0.1) is 0 Å². The fourth-order valence-corrected chi connectivity index (χ4v) is 8.06. The molecular formula is C20H32O3. The van der Waals surface area contributed by atoms with Crippen molar-refractivity contribution >= 4 is 5.97 Å². The number of carboxylic acid groups (broad SMARTS) is 1. The minimum absolute atomic E-state index is 0.193. The number of hydrogen-bond acceptors (Lipinski definition) is 2. The van der Waals surface area contributed by atoms with E-state index in [1.54, 1.807) is 0 Å². The van der Waals surface area contributed by atoms with E-state index in [4.69, 9.17) is 0 Å². The van der Waals surface area contributed by atoms with E-state index >= 15 is 0 Å². The molecule has 2 N–H and O–H groups in total. The van der Waals surface area contributed by atoms with Crippen molar-refractivity contribution in [2.75, 3.05) is 6.61 Å². The molecule has 0 amide bonds. The predicted octanol–water partition coefficient (Wildman–Crippen LogP) is 4.09. The van der Waals surface area contributed by atoms with Gasteiger partial charge in [0.2, 0.25) is 0 Å². The quantitative estimate of drug-likeness (QED) is 0.805. The molecule has 0 heterocycles. The minimum Gasteiger partial charge on any atom is -0.481 e. The first-order valence-corrected chi connectivity index (χ1v) is 9.70. The molecule has 23 heavy (non-hydrogen) atoms. The summed E-state index contributed by atoms with van der Waals surface area (Å²) < 4.78 is 0. The molecule has 4 rings (SSSR count). The van der Waals surface area contributed by atoms with Gasteiger partial charge in [-0.25, -0.2) is 0 Å². The normalized spacial score (nSPS) is 55.1. The Kier molecular flexibility index (Phi) is 3.44. The molecule has 4 fully saturated rings. The van der Waals surface area contributed by atoms with E-state index in [9.17, 15) is 15.0 Å². The molecule has 0 aromatic rings. The zero-order valence-corrected chi connectivity index (χ0v) is 14.7. The van der Waals surface area contributed by atoms with Crippen molar-refractivity contribution < 1.29 is 15.0 Å². The summed E-state index contributed by atoms with van der Waals surface area (Å²) in [5.41, 5.74) is 0.0811. The molecular weight excluding hydrogens is 288 g/mol. The summed E-state index contributed by atoms with van der Waals surface area (Å²) in [6.45, 7) is 4.80. The van der Waals surface area contributed by atoms with Gasteiger partial charge < -0.3 is 10.2 Å². The van der Waals surface area contributed by atoms with Crippen molar-refractivity contribution in [3.63, 3.8) is 0 Å². The van der Waals surface area contributed by atoms with Crippen LogP contribution in [0.1, 0.15) is 71.6 Å². The minimum atomic E-state index is -0.572. The molecule has 0 radical (unpaired) electrons. The maximum atomic E-state index is 12.1. The zero-order valence-electron chi connectivity index (χ0n) is 14.7. The fraction of sp³-hybridized carbons (Fsp3) is 0.950. The number of hydrogen-bond donors (Lipinski definition) is 2. The molecule has 7 atom stereocenters. The second kappa shape index (κ2) is 4.97. The average molecular weight is 320 g/mol. The summed E-state index contributed by atoms with van der Waals surface area (Å²) in [6.07, 6.45) is 10.4. The van der Waals surface area contributed by atoms with Crippen LogP contribution < -0.4 is 0 Å². The van der Waals surface area contributed by atoms with Crippen LogP contribution in [0.25, 0.3) is 0 Å². The van der Waals surface area contributed by atoms with Crippen molar-refractivity contribution in [2.45, 2.75) is 71.6 Å². The van der Waals surface area contributed by atoms with Crippen LogP contribution in [0, 0.1) is 39.9 Å². The van der Waals surface area contributed by atoms with Gasteiger partial charge in [0, 0.05) is 6.61 Å². The van der Waals surface area contributed by atoms with Gasteiger partial charge in [-0.1, -0.05) is 13.3 Å². The summed E-state index contributed by atoms with van der Waals surface area (Å²) in [7, 11) is 0. The van der Waals surface area contributed by atoms with Gasteiger partial charge in [0.15, 0.2) is 0 Å². The second-order valence-electron chi connectivity index (χ2n) is 9.78. The number of aliphatic carboxylic acids is 1. The Bertz CT molecular complexity index is 517. The molecule has 4 saturated carbocycles. The van der Waals surface area contributed by atoms with Gasteiger partial charge in [0.25, 0.3) is 0 Å². The first-order chi connectivity index (χ1) is 10.9. The van der Waals surface area contributed by atoms with Crippen molar-refractivity contribution in [1.29, 1.82) is 0 Å². The van der Waals surface area contributed by atoms with Gasteiger partial charge in [-0.3, -0.25) is 4.79 Å². The summed E-state index contributed by atoms with van der Waals surface area (Å²) >= 11 is 0. The lowest BCUT2D eigenvalue weighted by Gasteiger charge is -2.63. The van der Waals surface area contributed by atoms with Crippen LogP contribution in [0.3, 0.4) is 0 Å². The van der Waals surface area contributed by atoms with Gasteiger partial charge in [-0.05, 0) is 92.8 Å². The lowest BCUT2D eigenvalue weighted by atomic mass is 9.41. The van der Waals surface area contributed by atoms with Crippen LogP contribution in [-0.4, -0.2) is 22.8 Å². The third-order valence-corrected chi connectivity index (χ3v) is 9.00. The highest BCUT2D eigenvalue weighted by Gasteiger charge is 2.65. The molecule has 2 bridgehead atoms. The molecule has 4 aliphatic carbocycles. The standard InChI is InChI=1S/C20H32O3/c1-18-7-3-8-19(2,17(22)23)15(18)6-9-20-10-13(4-5-16(18)20)14(11-20)12-21/h13-16,21H,3-12H2,1-2H3,(H,22,23)/t13-,14-,15+,16+,18-,19-,20+/m1/s1. The number of fused-ring (bicyclic) bond motifs is 3. The van der Waals surface area contributed by atoms with E-state index in [-0.39, 0.29) is 5.41 Å². The van der Waals surface area contributed by atoms with Crippen LogP contribution in [0.5, 0.6) is 0 Å². The van der Waals surface area contributed by atoms with E-state index in [2.05, 4.69) is 6.92 Å². The van der Waals surface area contributed by atoms with Gasteiger partial charge in [-0.2, -0.15) is 0 Å². The Labute approximate surface area is 139 Å². The van der Waals surface area contributed by atoms with E-state index in [1.807, 2.05) is 6.92 Å². The highest BCUT2D eigenvalue weighted by Crippen LogP contribution is 2.72. The predicted molar refractivity (Wildman–Crippen MR) is 88.9 cm³/mol. The van der Waals surface area contributed by atoms with Crippen LogP contribution >= 0.6 is 0 Å². The topological polar surface area (TPSA) is 57.5 Å². The molecule has 130 valence electrons. The fourth-order valence-electron chi connectivity index (χ4n) is 8.06. The Hall–Kier alpha value is -0.570. The molecule has 1 spiro atoms. The third kappa shape index (κ3) is 1.95. The third-order valence-electron chi connectivity index (χ3n) is 9.00. The van der Waals surface area contributed by atoms with Gasteiger partial charge in [0.1, 0.15) is 0 Å². The van der Waals surface area contributed by atoms with Crippen LogP contribution in [0.15, 0.2) is 0 Å². The molecule has 0 aliphatic heterocycles. The lowest BCUT2D eigenvalue weighted by molar-refractivity contribution is -0.181. The number of aliphatic hydroxyl groups is 1. The van der Waals surface area contributed by atoms with E-state index < -0.39 is 11.4 Å². The maximum absolute atomic E-state index is 12.1. The smallest absolute Gasteiger partial charge is 0.309 e.